The lowest BCUT2D eigenvalue weighted by Crippen LogP contribution is -2.53. The van der Waals surface area contributed by atoms with Crippen molar-refractivity contribution >= 4 is 17.8 Å². The van der Waals surface area contributed by atoms with Gasteiger partial charge >= 0.3 is 5.97 Å². The number of nitrogens with zero attached hydrogens (tertiary/aromatic N) is 1. The van der Waals surface area contributed by atoms with Gasteiger partial charge in [-0.3, -0.25) is 14.4 Å². The van der Waals surface area contributed by atoms with Gasteiger partial charge in [-0.15, -0.1) is 0 Å². The van der Waals surface area contributed by atoms with Crippen LogP contribution in [0.3, 0.4) is 0 Å². The van der Waals surface area contributed by atoms with E-state index in [-0.39, 0.29) is 11.8 Å². The van der Waals surface area contributed by atoms with Crippen molar-refractivity contribution in [3.8, 4) is 0 Å². The SMILES string of the molecule is CNC(=O)C1CCCCN1C(=O)C(C)C(C)C(=O)O. The number of carboxylic acid groups (broad SMARTS) is 1. The molecular weight excluding hydrogens is 248 g/mol. The number of hydrogen-bond acceptors (Lipinski definition) is 3. The number of rotatable bonds is 4. The normalized spacial score (nSPS) is 22.5. The van der Waals surface area contributed by atoms with Crippen LogP contribution in [0.25, 0.3) is 0 Å². The number of carbonyl (C=O) groups is 3. The van der Waals surface area contributed by atoms with E-state index in [0.717, 1.165) is 12.8 Å². The highest BCUT2D eigenvalue weighted by atomic mass is 16.4. The van der Waals surface area contributed by atoms with Gasteiger partial charge in [0.1, 0.15) is 6.04 Å². The number of likely N-dealkylation sites (N-methyl/N-ethyl adjacent to an activating group) is 1. The van der Waals surface area contributed by atoms with Gasteiger partial charge in [-0.1, -0.05) is 13.8 Å². The molecular formula is C13H22N2O4. The number of carboxylic acids is 1. The van der Waals surface area contributed by atoms with Gasteiger partial charge in [0.25, 0.3) is 0 Å². The zero-order valence-electron chi connectivity index (χ0n) is 11.7. The number of hydrogen-bond donors (Lipinski definition) is 2. The third-order valence-corrected chi connectivity index (χ3v) is 3.86. The average Bonchev–Trinajstić information content (AvgIpc) is 2.43. The summed E-state index contributed by atoms with van der Waals surface area (Å²) < 4.78 is 0. The first-order chi connectivity index (χ1) is 8.90. The molecule has 1 fully saturated rings. The van der Waals surface area contributed by atoms with Gasteiger partial charge in [-0.25, -0.2) is 0 Å². The summed E-state index contributed by atoms with van der Waals surface area (Å²) >= 11 is 0. The zero-order chi connectivity index (χ0) is 14.6. The van der Waals surface area contributed by atoms with Crippen LogP contribution in [0.4, 0.5) is 0 Å². The Kier molecular flexibility index (Phi) is 5.32. The molecule has 1 saturated heterocycles. The second-order valence-electron chi connectivity index (χ2n) is 5.07. The Morgan fingerprint density at radius 2 is 1.84 bits per heavy atom. The molecule has 19 heavy (non-hydrogen) atoms. The first-order valence-corrected chi connectivity index (χ1v) is 6.65. The van der Waals surface area contributed by atoms with Crippen LogP contribution >= 0.6 is 0 Å². The fourth-order valence-corrected chi connectivity index (χ4v) is 2.32. The maximum Gasteiger partial charge on any atom is 0.307 e. The fourth-order valence-electron chi connectivity index (χ4n) is 2.32. The summed E-state index contributed by atoms with van der Waals surface area (Å²) in [6.07, 6.45) is 2.40. The Hall–Kier alpha value is -1.59. The predicted molar refractivity (Wildman–Crippen MR) is 69.4 cm³/mol. The van der Waals surface area contributed by atoms with Crippen LogP contribution in [-0.2, 0) is 14.4 Å². The molecule has 0 radical (unpaired) electrons. The van der Waals surface area contributed by atoms with Crippen molar-refractivity contribution in [1.82, 2.24) is 10.2 Å². The van der Waals surface area contributed by atoms with Gasteiger partial charge in [-0.2, -0.15) is 0 Å². The Bertz CT molecular complexity index is 370. The van der Waals surface area contributed by atoms with Crippen LogP contribution in [0.5, 0.6) is 0 Å². The number of carbonyl (C=O) groups excluding carboxylic acids is 2. The quantitative estimate of drug-likeness (QED) is 0.777. The molecule has 2 N–H and O–H groups in total. The Balaban J connectivity index is 2.82. The summed E-state index contributed by atoms with van der Waals surface area (Å²) in [5, 5.41) is 11.5. The molecule has 1 rings (SSSR count). The summed E-state index contributed by atoms with van der Waals surface area (Å²) in [7, 11) is 1.54. The van der Waals surface area contributed by atoms with E-state index in [1.807, 2.05) is 0 Å². The molecule has 0 saturated carbocycles. The Labute approximate surface area is 113 Å². The lowest BCUT2D eigenvalue weighted by Gasteiger charge is -2.36. The van der Waals surface area contributed by atoms with Crippen LogP contribution in [0, 0.1) is 11.8 Å². The van der Waals surface area contributed by atoms with Crippen LogP contribution in [0.1, 0.15) is 33.1 Å². The predicted octanol–water partition coefficient (Wildman–Crippen LogP) is 0.470. The van der Waals surface area contributed by atoms with E-state index in [2.05, 4.69) is 5.32 Å². The highest BCUT2D eigenvalue weighted by Crippen LogP contribution is 2.22. The van der Waals surface area contributed by atoms with E-state index in [0.29, 0.717) is 13.0 Å². The summed E-state index contributed by atoms with van der Waals surface area (Å²) in [6.45, 7) is 3.65. The summed E-state index contributed by atoms with van der Waals surface area (Å²) in [5.41, 5.74) is 0. The Morgan fingerprint density at radius 3 is 2.37 bits per heavy atom. The van der Waals surface area contributed by atoms with Gasteiger partial charge in [-0.05, 0) is 19.3 Å². The van der Waals surface area contributed by atoms with Crippen molar-refractivity contribution in [2.24, 2.45) is 11.8 Å². The zero-order valence-corrected chi connectivity index (χ0v) is 11.7. The van der Waals surface area contributed by atoms with Gasteiger partial charge in [0, 0.05) is 19.5 Å². The average molecular weight is 270 g/mol. The minimum absolute atomic E-state index is 0.178. The molecule has 6 nitrogen and oxygen atoms in total. The van der Waals surface area contributed by atoms with Crippen molar-refractivity contribution in [3.05, 3.63) is 0 Å². The monoisotopic (exact) mass is 270 g/mol. The maximum absolute atomic E-state index is 12.4. The minimum Gasteiger partial charge on any atom is -0.481 e. The number of piperidine rings is 1. The van der Waals surface area contributed by atoms with Gasteiger partial charge in [0.15, 0.2) is 0 Å². The molecule has 6 heteroatoms. The molecule has 0 aliphatic carbocycles. The molecule has 1 aliphatic rings. The minimum atomic E-state index is -0.991. The van der Waals surface area contributed by atoms with E-state index < -0.39 is 23.8 Å². The summed E-state index contributed by atoms with van der Waals surface area (Å²) in [4.78, 5) is 36.6. The lowest BCUT2D eigenvalue weighted by atomic mass is 9.92. The van der Waals surface area contributed by atoms with Crippen LogP contribution < -0.4 is 5.32 Å². The van der Waals surface area contributed by atoms with E-state index >= 15 is 0 Å². The topological polar surface area (TPSA) is 86.7 Å². The molecule has 0 bridgehead atoms. The van der Waals surface area contributed by atoms with Gasteiger partial charge < -0.3 is 15.3 Å². The molecule has 0 aromatic carbocycles. The second-order valence-corrected chi connectivity index (χ2v) is 5.07. The van der Waals surface area contributed by atoms with Crippen molar-refractivity contribution in [2.45, 2.75) is 39.2 Å². The number of nitrogens with one attached hydrogen (secondary N) is 1. The summed E-state index contributed by atoms with van der Waals surface area (Å²) in [5.74, 6) is -2.79. The third-order valence-electron chi connectivity index (χ3n) is 3.86. The van der Waals surface area contributed by atoms with Crippen LogP contribution in [0.2, 0.25) is 0 Å². The highest BCUT2D eigenvalue weighted by molar-refractivity contribution is 5.90. The number of aliphatic carboxylic acids is 1. The van der Waals surface area contributed by atoms with Crippen molar-refractivity contribution < 1.29 is 19.5 Å². The third kappa shape index (κ3) is 3.45. The van der Waals surface area contributed by atoms with Crippen molar-refractivity contribution in [1.29, 1.82) is 0 Å². The highest BCUT2D eigenvalue weighted by Gasteiger charge is 2.36. The van der Waals surface area contributed by atoms with Gasteiger partial charge in [0.2, 0.25) is 11.8 Å². The molecule has 3 atom stereocenters. The molecule has 1 aliphatic heterocycles. The molecule has 2 amide bonds. The van der Waals surface area contributed by atoms with E-state index in [1.165, 1.54) is 11.8 Å². The largest absolute Gasteiger partial charge is 0.481 e. The van der Waals surface area contributed by atoms with Crippen LogP contribution in [-0.4, -0.2) is 47.4 Å². The van der Waals surface area contributed by atoms with E-state index in [4.69, 9.17) is 5.11 Å². The fraction of sp³-hybridized carbons (Fsp3) is 0.769. The second kappa shape index (κ2) is 6.54. The van der Waals surface area contributed by atoms with Crippen molar-refractivity contribution in [3.63, 3.8) is 0 Å². The molecule has 0 aromatic heterocycles. The molecule has 108 valence electrons. The van der Waals surface area contributed by atoms with Gasteiger partial charge in [0.05, 0.1) is 5.92 Å². The van der Waals surface area contributed by atoms with E-state index in [1.54, 1.807) is 14.0 Å². The molecule has 0 aromatic rings. The Morgan fingerprint density at radius 1 is 1.21 bits per heavy atom. The first kappa shape index (κ1) is 15.5. The van der Waals surface area contributed by atoms with Crippen molar-refractivity contribution in [2.75, 3.05) is 13.6 Å². The molecule has 1 heterocycles. The number of amides is 2. The summed E-state index contributed by atoms with van der Waals surface area (Å²) in [6, 6.07) is -0.463. The maximum atomic E-state index is 12.4. The first-order valence-electron chi connectivity index (χ1n) is 6.65. The molecule has 0 spiro atoms. The lowest BCUT2D eigenvalue weighted by molar-refractivity contribution is -0.152. The van der Waals surface area contributed by atoms with E-state index in [9.17, 15) is 14.4 Å². The van der Waals surface area contributed by atoms with Crippen LogP contribution in [0.15, 0.2) is 0 Å². The standard InChI is InChI=1S/C13H22N2O4/c1-8(9(2)13(18)19)12(17)15-7-5-4-6-10(15)11(16)14-3/h8-10H,4-7H2,1-3H3,(H,14,16)(H,18,19). The number of likely N-dealkylation sites (tertiary alicyclic amines) is 1. The smallest absolute Gasteiger partial charge is 0.307 e. The molecule has 3 unspecified atom stereocenters.